The average molecular weight is 329 g/mol. The Morgan fingerprint density at radius 3 is 2.83 bits per heavy atom. The smallest absolute Gasteiger partial charge is 0.233 e. The molecule has 130 valence electrons. The number of hydrogen-bond donors (Lipinski definition) is 2. The van der Waals surface area contributed by atoms with Crippen LogP contribution in [0, 0.1) is 19.3 Å². The van der Waals surface area contributed by atoms with Gasteiger partial charge in [0.15, 0.2) is 0 Å². The first-order valence-corrected chi connectivity index (χ1v) is 8.83. The number of hydrogen-bond acceptors (Lipinski definition) is 3. The summed E-state index contributed by atoms with van der Waals surface area (Å²) in [4.78, 5) is 26.7. The van der Waals surface area contributed by atoms with Gasteiger partial charge in [0.25, 0.3) is 0 Å². The predicted molar refractivity (Wildman–Crippen MR) is 94.9 cm³/mol. The number of nitrogens with zero attached hydrogens (tertiary/aromatic N) is 1. The molecule has 1 aromatic rings. The predicted octanol–water partition coefficient (Wildman–Crippen LogP) is 2.23. The Labute approximate surface area is 143 Å². The Balaban J connectivity index is 1.56. The Morgan fingerprint density at radius 2 is 2.12 bits per heavy atom. The van der Waals surface area contributed by atoms with E-state index in [9.17, 15) is 9.59 Å². The van der Waals surface area contributed by atoms with E-state index in [0.29, 0.717) is 0 Å². The SMILES string of the molecule is Cc1ccc(NC(=O)CC(=O)N2CCCC3(CCNC3)C2)c(C)c1. The molecule has 1 aromatic carbocycles. The number of rotatable bonds is 3. The van der Waals surface area contributed by atoms with Crippen LogP contribution in [-0.2, 0) is 9.59 Å². The molecule has 5 heteroatoms. The van der Waals surface area contributed by atoms with E-state index in [2.05, 4.69) is 10.6 Å². The number of likely N-dealkylation sites (tertiary alicyclic amines) is 1. The monoisotopic (exact) mass is 329 g/mol. The molecular formula is C19H27N3O2. The Hall–Kier alpha value is -1.88. The van der Waals surface area contributed by atoms with Crippen LogP contribution in [0.3, 0.4) is 0 Å². The Kier molecular flexibility index (Phi) is 4.90. The first kappa shape index (κ1) is 17.0. The lowest BCUT2D eigenvalue weighted by molar-refractivity contribution is -0.137. The number of benzene rings is 1. The number of nitrogens with one attached hydrogen (secondary N) is 2. The zero-order valence-electron chi connectivity index (χ0n) is 14.7. The molecule has 2 aliphatic rings. The second-order valence-corrected chi connectivity index (χ2v) is 7.39. The van der Waals surface area contributed by atoms with E-state index >= 15 is 0 Å². The number of carbonyl (C=O) groups is 2. The molecule has 2 amide bonds. The summed E-state index contributed by atoms with van der Waals surface area (Å²) in [6.45, 7) is 7.58. The summed E-state index contributed by atoms with van der Waals surface area (Å²) in [6.07, 6.45) is 3.27. The van der Waals surface area contributed by atoms with E-state index < -0.39 is 0 Å². The van der Waals surface area contributed by atoms with E-state index in [1.807, 2.05) is 36.9 Å². The van der Waals surface area contributed by atoms with Crippen LogP contribution in [0.1, 0.15) is 36.8 Å². The molecule has 1 spiro atoms. The highest BCUT2D eigenvalue weighted by Crippen LogP contribution is 2.35. The van der Waals surface area contributed by atoms with Crippen molar-refractivity contribution in [1.82, 2.24) is 10.2 Å². The Morgan fingerprint density at radius 1 is 1.29 bits per heavy atom. The van der Waals surface area contributed by atoms with Gasteiger partial charge in [-0.1, -0.05) is 17.7 Å². The van der Waals surface area contributed by atoms with Crippen LogP contribution >= 0.6 is 0 Å². The number of aryl methyl sites for hydroxylation is 2. The van der Waals surface area contributed by atoms with Gasteiger partial charge in [0.05, 0.1) is 0 Å². The van der Waals surface area contributed by atoms with Crippen LogP contribution < -0.4 is 10.6 Å². The highest BCUT2D eigenvalue weighted by atomic mass is 16.2. The largest absolute Gasteiger partial charge is 0.342 e. The van der Waals surface area contributed by atoms with Crippen molar-refractivity contribution < 1.29 is 9.59 Å². The third-order valence-electron chi connectivity index (χ3n) is 5.31. The normalized spacial score (nSPS) is 23.5. The number of amides is 2. The molecule has 3 rings (SSSR count). The van der Waals surface area contributed by atoms with Crippen LogP contribution in [0.4, 0.5) is 5.69 Å². The quantitative estimate of drug-likeness (QED) is 0.836. The molecule has 0 aliphatic carbocycles. The van der Waals surface area contributed by atoms with Gasteiger partial charge in [0.1, 0.15) is 6.42 Å². The lowest BCUT2D eigenvalue weighted by Gasteiger charge is -2.40. The molecule has 1 unspecified atom stereocenters. The van der Waals surface area contributed by atoms with Gasteiger partial charge in [-0.05, 0) is 51.3 Å². The average Bonchev–Trinajstić information content (AvgIpc) is 2.98. The zero-order chi connectivity index (χ0) is 17.2. The van der Waals surface area contributed by atoms with Crippen molar-refractivity contribution in [3.8, 4) is 0 Å². The maximum Gasteiger partial charge on any atom is 0.233 e. The van der Waals surface area contributed by atoms with Gasteiger partial charge in [-0.15, -0.1) is 0 Å². The summed E-state index contributed by atoms with van der Waals surface area (Å²) in [5.41, 5.74) is 3.20. The van der Waals surface area contributed by atoms with E-state index in [-0.39, 0.29) is 23.7 Å². The van der Waals surface area contributed by atoms with Gasteiger partial charge in [0.2, 0.25) is 11.8 Å². The molecule has 24 heavy (non-hydrogen) atoms. The first-order chi connectivity index (χ1) is 11.5. The fourth-order valence-electron chi connectivity index (χ4n) is 3.96. The molecule has 0 bridgehead atoms. The van der Waals surface area contributed by atoms with Crippen LogP contribution in [0.2, 0.25) is 0 Å². The van der Waals surface area contributed by atoms with Crippen molar-refractivity contribution in [1.29, 1.82) is 0 Å². The molecule has 2 saturated heterocycles. The van der Waals surface area contributed by atoms with E-state index in [1.165, 1.54) is 6.42 Å². The molecule has 2 aliphatic heterocycles. The molecule has 2 heterocycles. The molecule has 2 N–H and O–H groups in total. The summed E-state index contributed by atoms with van der Waals surface area (Å²) >= 11 is 0. The third kappa shape index (κ3) is 3.78. The van der Waals surface area contributed by atoms with Crippen molar-refractivity contribution in [2.45, 2.75) is 39.5 Å². The maximum absolute atomic E-state index is 12.5. The summed E-state index contributed by atoms with van der Waals surface area (Å²) in [5.74, 6) is -0.278. The van der Waals surface area contributed by atoms with Gasteiger partial charge in [-0.3, -0.25) is 9.59 Å². The van der Waals surface area contributed by atoms with Gasteiger partial charge in [0, 0.05) is 30.7 Å². The van der Waals surface area contributed by atoms with Crippen LogP contribution in [-0.4, -0.2) is 42.9 Å². The summed E-state index contributed by atoms with van der Waals surface area (Å²) < 4.78 is 0. The summed E-state index contributed by atoms with van der Waals surface area (Å²) in [6, 6.07) is 5.89. The fourth-order valence-corrected chi connectivity index (χ4v) is 3.96. The zero-order valence-corrected chi connectivity index (χ0v) is 14.7. The maximum atomic E-state index is 12.5. The molecular weight excluding hydrogens is 302 g/mol. The number of anilines is 1. The van der Waals surface area contributed by atoms with E-state index in [0.717, 1.165) is 55.8 Å². The van der Waals surface area contributed by atoms with Crippen LogP contribution in [0.15, 0.2) is 18.2 Å². The highest BCUT2D eigenvalue weighted by Gasteiger charge is 2.39. The van der Waals surface area contributed by atoms with Gasteiger partial charge in [-0.25, -0.2) is 0 Å². The van der Waals surface area contributed by atoms with Crippen molar-refractivity contribution in [2.75, 3.05) is 31.5 Å². The van der Waals surface area contributed by atoms with Crippen molar-refractivity contribution in [2.24, 2.45) is 5.41 Å². The lowest BCUT2D eigenvalue weighted by Crippen LogP contribution is -2.47. The fraction of sp³-hybridized carbons (Fsp3) is 0.579. The van der Waals surface area contributed by atoms with Crippen molar-refractivity contribution in [3.05, 3.63) is 29.3 Å². The topological polar surface area (TPSA) is 61.4 Å². The minimum absolute atomic E-state index is 0.0526. The minimum atomic E-state index is -0.226. The lowest BCUT2D eigenvalue weighted by atomic mass is 9.79. The van der Waals surface area contributed by atoms with Gasteiger partial charge in [-0.2, -0.15) is 0 Å². The second kappa shape index (κ2) is 6.93. The number of piperidine rings is 1. The molecule has 1 atom stereocenters. The highest BCUT2D eigenvalue weighted by molar-refractivity contribution is 6.03. The second-order valence-electron chi connectivity index (χ2n) is 7.39. The number of carbonyl (C=O) groups excluding carboxylic acids is 2. The minimum Gasteiger partial charge on any atom is -0.342 e. The van der Waals surface area contributed by atoms with Gasteiger partial charge < -0.3 is 15.5 Å². The molecule has 0 saturated carbocycles. The van der Waals surface area contributed by atoms with Gasteiger partial charge >= 0.3 is 0 Å². The molecule has 0 radical (unpaired) electrons. The third-order valence-corrected chi connectivity index (χ3v) is 5.31. The Bertz CT molecular complexity index is 635. The summed E-state index contributed by atoms with van der Waals surface area (Å²) in [5, 5.41) is 6.28. The van der Waals surface area contributed by atoms with Crippen molar-refractivity contribution in [3.63, 3.8) is 0 Å². The first-order valence-electron chi connectivity index (χ1n) is 8.83. The van der Waals surface area contributed by atoms with Crippen molar-refractivity contribution >= 4 is 17.5 Å². The van der Waals surface area contributed by atoms with E-state index in [4.69, 9.17) is 0 Å². The van der Waals surface area contributed by atoms with Crippen LogP contribution in [0.25, 0.3) is 0 Å². The molecule has 5 nitrogen and oxygen atoms in total. The molecule has 0 aromatic heterocycles. The van der Waals surface area contributed by atoms with E-state index in [1.54, 1.807) is 0 Å². The standard InChI is InChI=1S/C19H27N3O2/c1-14-4-5-16(15(2)10-14)21-17(23)11-18(24)22-9-3-6-19(13-22)7-8-20-12-19/h4-5,10,20H,3,6-9,11-13H2,1-2H3,(H,21,23). The van der Waals surface area contributed by atoms with Crippen LogP contribution in [0.5, 0.6) is 0 Å². The molecule has 2 fully saturated rings. The summed E-state index contributed by atoms with van der Waals surface area (Å²) in [7, 11) is 0.